The van der Waals surface area contributed by atoms with Crippen molar-refractivity contribution in [2.24, 2.45) is 0 Å². The summed E-state index contributed by atoms with van der Waals surface area (Å²) in [6, 6.07) is 11.9. The lowest BCUT2D eigenvalue weighted by Crippen LogP contribution is -2.35. The van der Waals surface area contributed by atoms with Crippen LogP contribution in [0.3, 0.4) is 0 Å². The van der Waals surface area contributed by atoms with Crippen LogP contribution in [0.4, 0.5) is 0 Å². The van der Waals surface area contributed by atoms with Gasteiger partial charge in [-0.25, -0.2) is 0 Å². The van der Waals surface area contributed by atoms with Gasteiger partial charge >= 0.3 is 0 Å². The van der Waals surface area contributed by atoms with Gasteiger partial charge in [-0.05, 0) is 113 Å². The summed E-state index contributed by atoms with van der Waals surface area (Å²) in [6.45, 7) is 7.96. The Morgan fingerprint density at radius 2 is 0.769 bits per heavy atom. The largest absolute Gasteiger partial charge is 0.395 e. The standard InChI is InChI=1S/C68H114N6O4/c1-3-5-7-9-11-13-15-17-20-26-32-43-63(52-51-62(42-31-25-19-16-14-12-10-8-6-4-2)44-33-27-21-18-22-29-36-49-67(77)73-57-59-75)45-34-28-23-24-30-35-48-66(76)71-55-56-72-68(78)50-41-58-74(60-64-46-37-39-53-69-64)61-65-47-38-40-54-70-65/h37-40,43-44,46-47,53-54,75H,3-36,41-42,45,48-50,55-61H2,1-2H3,(H,71,76)(H,72,78)(H,73,77)/b62-44-,63-43-. The first kappa shape index (κ1) is 69.8. The van der Waals surface area contributed by atoms with Crippen molar-refractivity contribution in [3.8, 4) is 11.8 Å². The molecule has 0 fully saturated rings. The summed E-state index contributed by atoms with van der Waals surface area (Å²) < 4.78 is 0. The molecule has 440 valence electrons. The fourth-order valence-electron chi connectivity index (χ4n) is 10.0. The molecule has 0 spiro atoms. The van der Waals surface area contributed by atoms with Crippen molar-refractivity contribution >= 4 is 17.7 Å². The summed E-state index contributed by atoms with van der Waals surface area (Å²) in [7, 11) is 0. The molecule has 0 radical (unpaired) electrons. The Morgan fingerprint density at radius 3 is 1.13 bits per heavy atom. The van der Waals surface area contributed by atoms with E-state index in [1.165, 1.54) is 178 Å². The first-order valence-corrected chi connectivity index (χ1v) is 32.3. The van der Waals surface area contributed by atoms with Crippen molar-refractivity contribution < 1.29 is 19.5 Å². The van der Waals surface area contributed by atoms with Gasteiger partial charge in [0.1, 0.15) is 0 Å². The highest BCUT2D eigenvalue weighted by molar-refractivity contribution is 5.77. The molecule has 4 N–H and O–H groups in total. The van der Waals surface area contributed by atoms with E-state index < -0.39 is 0 Å². The molecule has 0 saturated carbocycles. The van der Waals surface area contributed by atoms with Crippen LogP contribution in [0.25, 0.3) is 0 Å². The monoisotopic (exact) mass is 1080 g/mol. The number of nitrogens with zero attached hydrogens (tertiary/aromatic N) is 3. The van der Waals surface area contributed by atoms with Crippen molar-refractivity contribution in [3.05, 3.63) is 83.5 Å². The lowest BCUT2D eigenvalue weighted by molar-refractivity contribution is -0.123. The number of aliphatic hydroxyl groups is 1. The SMILES string of the molecule is CCCCCCCCCCCC/C=C(\C#C/C(=C\CCCCCCCCC(=O)NCCO)CCCCCCCCCCCC)CCCCCCCCC(=O)NCCNC(=O)CCCN(Cc1ccccn1)Cc1ccccn1. The second kappa shape index (κ2) is 53.3. The highest BCUT2D eigenvalue weighted by Gasteiger charge is 2.11. The van der Waals surface area contributed by atoms with Gasteiger partial charge in [0.25, 0.3) is 0 Å². The molecule has 2 aromatic heterocycles. The molecule has 2 rings (SSSR count). The number of amides is 3. The van der Waals surface area contributed by atoms with Gasteiger partial charge in [-0.15, -0.1) is 0 Å². The molecule has 2 heterocycles. The maximum Gasteiger partial charge on any atom is 0.220 e. The maximum atomic E-state index is 12.6. The minimum absolute atomic E-state index is 0.00328. The molecule has 0 aliphatic carbocycles. The van der Waals surface area contributed by atoms with Crippen LogP contribution in [0.5, 0.6) is 0 Å². The van der Waals surface area contributed by atoms with Crippen LogP contribution >= 0.6 is 0 Å². The highest BCUT2D eigenvalue weighted by atomic mass is 16.3. The van der Waals surface area contributed by atoms with Crippen LogP contribution in [0, 0.1) is 11.8 Å². The van der Waals surface area contributed by atoms with Crippen LogP contribution in [-0.2, 0) is 27.5 Å². The van der Waals surface area contributed by atoms with Crippen molar-refractivity contribution in [2.45, 2.75) is 284 Å². The average molecular weight is 1080 g/mol. The Labute approximate surface area is 477 Å². The third-order valence-electron chi connectivity index (χ3n) is 14.8. The van der Waals surface area contributed by atoms with Gasteiger partial charge in [0.2, 0.25) is 17.7 Å². The topological polar surface area (TPSA) is 137 Å². The minimum atomic E-state index is -0.00328. The zero-order chi connectivity index (χ0) is 55.9. The molecule has 10 heteroatoms. The summed E-state index contributed by atoms with van der Waals surface area (Å²) in [4.78, 5) is 48.4. The Morgan fingerprint density at radius 1 is 0.436 bits per heavy atom. The van der Waals surface area contributed by atoms with Crippen molar-refractivity contribution in [1.29, 1.82) is 0 Å². The predicted molar refractivity (Wildman–Crippen MR) is 329 cm³/mol. The molecule has 0 bridgehead atoms. The predicted octanol–water partition coefficient (Wildman–Crippen LogP) is 16.3. The van der Waals surface area contributed by atoms with Crippen molar-refractivity contribution in [1.82, 2.24) is 30.8 Å². The normalized spacial score (nSPS) is 11.7. The first-order chi connectivity index (χ1) is 38.4. The van der Waals surface area contributed by atoms with Gasteiger partial charge in [0, 0.05) is 64.4 Å². The van der Waals surface area contributed by atoms with Crippen molar-refractivity contribution in [2.75, 3.05) is 32.8 Å². The number of rotatable bonds is 53. The zero-order valence-electron chi connectivity index (χ0n) is 50.0. The van der Waals surface area contributed by atoms with Gasteiger partial charge in [0.05, 0.1) is 18.0 Å². The molecule has 0 saturated heterocycles. The summed E-state index contributed by atoms with van der Waals surface area (Å²) in [5.74, 6) is 7.59. The molecular weight excluding hydrogens is 965 g/mol. The van der Waals surface area contributed by atoms with E-state index in [0.717, 1.165) is 88.6 Å². The number of aliphatic hydroxyl groups excluding tert-OH is 1. The number of carbonyl (C=O) groups excluding carboxylic acids is 3. The Kier molecular flexibility index (Phi) is 47.7. The molecule has 0 unspecified atom stereocenters. The van der Waals surface area contributed by atoms with E-state index in [-0.39, 0.29) is 24.3 Å². The minimum Gasteiger partial charge on any atom is -0.395 e. The Hall–Kier alpha value is -4.33. The van der Waals surface area contributed by atoms with Crippen LogP contribution in [0.1, 0.15) is 282 Å². The number of nitrogens with one attached hydrogen (secondary N) is 3. The third kappa shape index (κ3) is 44.5. The number of aromatic nitrogens is 2. The molecule has 0 aliphatic rings. The molecule has 2 aromatic rings. The van der Waals surface area contributed by atoms with Crippen LogP contribution in [-0.4, -0.2) is 70.5 Å². The molecule has 3 amide bonds. The summed E-state index contributed by atoms with van der Waals surface area (Å²) in [5.41, 5.74) is 4.66. The second-order valence-corrected chi connectivity index (χ2v) is 22.1. The fourth-order valence-corrected chi connectivity index (χ4v) is 10.0. The third-order valence-corrected chi connectivity index (χ3v) is 14.8. The van der Waals surface area contributed by atoms with E-state index in [2.05, 4.69) is 68.7 Å². The van der Waals surface area contributed by atoms with Gasteiger partial charge in [0.15, 0.2) is 0 Å². The van der Waals surface area contributed by atoms with E-state index in [0.29, 0.717) is 52.0 Å². The molecule has 0 atom stereocenters. The van der Waals surface area contributed by atoms with E-state index in [1.54, 1.807) is 0 Å². The van der Waals surface area contributed by atoms with E-state index in [9.17, 15) is 14.4 Å². The van der Waals surface area contributed by atoms with E-state index in [4.69, 9.17) is 5.11 Å². The van der Waals surface area contributed by atoms with Crippen LogP contribution in [0.2, 0.25) is 0 Å². The Balaban J connectivity index is 1.79. The first-order valence-electron chi connectivity index (χ1n) is 32.3. The number of pyridine rings is 2. The highest BCUT2D eigenvalue weighted by Crippen LogP contribution is 2.19. The number of allylic oxidation sites excluding steroid dienone is 4. The fraction of sp³-hybridized carbons (Fsp3) is 0.721. The molecular formula is C68H114N6O4. The van der Waals surface area contributed by atoms with Gasteiger partial charge in [-0.3, -0.25) is 29.3 Å². The van der Waals surface area contributed by atoms with Gasteiger partial charge in [-0.2, -0.15) is 0 Å². The summed E-state index contributed by atoms with van der Waals surface area (Å²) >= 11 is 0. The molecule has 0 aliphatic heterocycles. The van der Waals surface area contributed by atoms with Crippen molar-refractivity contribution in [3.63, 3.8) is 0 Å². The van der Waals surface area contributed by atoms with E-state index >= 15 is 0 Å². The quantitative estimate of drug-likeness (QED) is 0.0382. The molecule has 0 aromatic carbocycles. The Bertz CT molecular complexity index is 1800. The number of carbonyl (C=O) groups is 3. The van der Waals surface area contributed by atoms with Gasteiger partial charge in [-0.1, -0.05) is 217 Å². The van der Waals surface area contributed by atoms with Gasteiger partial charge < -0.3 is 21.1 Å². The van der Waals surface area contributed by atoms with E-state index in [1.807, 2.05) is 48.8 Å². The smallest absolute Gasteiger partial charge is 0.220 e. The van der Waals surface area contributed by atoms with Crippen LogP contribution < -0.4 is 16.0 Å². The summed E-state index contributed by atoms with van der Waals surface area (Å²) in [5, 5.41) is 17.7. The number of unbranched alkanes of at least 4 members (excludes halogenated alkanes) is 30. The molecule has 10 nitrogen and oxygen atoms in total. The lowest BCUT2D eigenvalue weighted by atomic mass is 10.00. The zero-order valence-corrected chi connectivity index (χ0v) is 50.0. The molecule has 78 heavy (non-hydrogen) atoms. The number of hydrogen-bond donors (Lipinski definition) is 4. The maximum absolute atomic E-state index is 12.6. The average Bonchev–Trinajstić information content (AvgIpc) is 3.45. The summed E-state index contributed by atoms with van der Waals surface area (Å²) in [6.07, 6.45) is 55.6. The van der Waals surface area contributed by atoms with Crippen LogP contribution in [0.15, 0.2) is 72.1 Å². The lowest BCUT2D eigenvalue weighted by Gasteiger charge is -2.21. The number of hydrogen-bond acceptors (Lipinski definition) is 7. The second-order valence-electron chi connectivity index (χ2n) is 22.1.